The minimum Gasteiger partial charge on any atom is -0.465 e. The number of nitrogens with zero attached hydrogens (tertiary/aromatic N) is 2. The van der Waals surface area contributed by atoms with Gasteiger partial charge >= 0.3 is 6.09 Å². The average Bonchev–Trinajstić information content (AvgIpc) is 2.78. The van der Waals surface area contributed by atoms with E-state index in [4.69, 9.17) is 4.74 Å². The summed E-state index contributed by atoms with van der Waals surface area (Å²) in [5.41, 5.74) is 1.85. The van der Waals surface area contributed by atoms with Crippen LogP contribution in [0.25, 0.3) is 10.8 Å². The maximum atomic E-state index is 12.2. The Kier molecular flexibility index (Phi) is 7.26. The molecule has 0 aromatic heterocycles. The highest BCUT2D eigenvalue weighted by Gasteiger charge is 2.29. The van der Waals surface area contributed by atoms with E-state index in [1.165, 1.54) is 9.80 Å². The molecule has 1 N–H and O–H groups in total. The number of carbonyl (C=O) groups is 2. The number of hydrogen-bond donors (Lipinski definition) is 1. The van der Waals surface area contributed by atoms with Crippen molar-refractivity contribution in [3.8, 4) is 0 Å². The molecule has 6 nitrogen and oxygen atoms in total. The highest BCUT2D eigenvalue weighted by atomic mass is 16.5. The Hall–Kier alpha value is -3.38. The van der Waals surface area contributed by atoms with Gasteiger partial charge in [-0.2, -0.15) is 0 Å². The summed E-state index contributed by atoms with van der Waals surface area (Å²) in [6.45, 7) is 0.136. The largest absolute Gasteiger partial charge is 0.465 e. The highest BCUT2D eigenvalue weighted by molar-refractivity contribution is 5.83. The second-order valence-electron chi connectivity index (χ2n) is 7.81. The molecular formula is C25H28N2O4. The molecule has 0 aliphatic rings. The summed E-state index contributed by atoms with van der Waals surface area (Å²) in [4.78, 5) is 26.6. The molecule has 0 aliphatic carbocycles. The molecule has 162 valence electrons. The Labute approximate surface area is 182 Å². The highest BCUT2D eigenvalue weighted by Crippen LogP contribution is 2.36. The van der Waals surface area contributed by atoms with Crippen molar-refractivity contribution >= 4 is 22.8 Å². The molecule has 3 rings (SSSR count). The van der Waals surface area contributed by atoms with Gasteiger partial charge in [0, 0.05) is 33.6 Å². The predicted octanol–water partition coefficient (Wildman–Crippen LogP) is 4.38. The molecule has 6 heteroatoms. The Balaban J connectivity index is 2.04. The molecule has 0 saturated carbocycles. The van der Waals surface area contributed by atoms with Crippen LogP contribution in [-0.2, 0) is 9.53 Å². The zero-order valence-corrected chi connectivity index (χ0v) is 18.1. The van der Waals surface area contributed by atoms with Gasteiger partial charge in [-0.1, -0.05) is 72.8 Å². The van der Waals surface area contributed by atoms with Gasteiger partial charge in [0.25, 0.3) is 0 Å². The molecule has 3 aromatic rings. The van der Waals surface area contributed by atoms with Crippen LogP contribution in [0, 0.1) is 0 Å². The minimum atomic E-state index is -1.01. The topological polar surface area (TPSA) is 70.1 Å². The number of benzene rings is 3. The summed E-state index contributed by atoms with van der Waals surface area (Å²) in [7, 11) is 4.91. The summed E-state index contributed by atoms with van der Waals surface area (Å²) >= 11 is 0. The van der Waals surface area contributed by atoms with E-state index >= 15 is 0 Å². The van der Waals surface area contributed by atoms with E-state index in [1.807, 2.05) is 66.7 Å². The first-order chi connectivity index (χ1) is 14.9. The molecule has 0 fully saturated rings. The van der Waals surface area contributed by atoms with Crippen LogP contribution in [0.1, 0.15) is 23.1 Å². The zero-order chi connectivity index (χ0) is 22.4. The van der Waals surface area contributed by atoms with Crippen molar-refractivity contribution in [2.75, 3.05) is 34.3 Å². The van der Waals surface area contributed by atoms with Crippen LogP contribution in [0.15, 0.2) is 72.8 Å². The van der Waals surface area contributed by atoms with Gasteiger partial charge in [0.15, 0.2) is 0 Å². The molecular weight excluding hydrogens is 392 g/mol. The number of carboxylic acid groups (broad SMARTS) is 1. The summed E-state index contributed by atoms with van der Waals surface area (Å²) in [5, 5.41) is 11.7. The standard InChI is InChI=1S/C25H28N2O4/c1-26(2)23(28)17-31-24(19-10-5-4-6-11-19)22(16-27(3)25(29)30)21-14-13-18-9-7-8-12-20(18)15-21/h4-15,22,24H,16-17H2,1-3H3,(H,29,30)/t22-,24+/m0/s1. The summed E-state index contributed by atoms with van der Waals surface area (Å²) < 4.78 is 6.15. The quantitative estimate of drug-likeness (QED) is 0.587. The lowest BCUT2D eigenvalue weighted by molar-refractivity contribution is -0.136. The maximum Gasteiger partial charge on any atom is 0.407 e. The first-order valence-electron chi connectivity index (χ1n) is 10.2. The van der Waals surface area contributed by atoms with Crippen molar-refractivity contribution < 1.29 is 19.4 Å². The minimum absolute atomic E-state index is 0.0899. The van der Waals surface area contributed by atoms with Crippen molar-refractivity contribution in [2.45, 2.75) is 12.0 Å². The third-order valence-electron chi connectivity index (χ3n) is 5.38. The molecule has 0 aliphatic heterocycles. The van der Waals surface area contributed by atoms with Crippen molar-refractivity contribution in [3.63, 3.8) is 0 Å². The van der Waals surface area contributed by atoms with E-state index in [9.17, 15) is 14.7 Å². The third kappa shape index (κ3) is 5.61. The van der Waals surface area contributed by atoms with Gasteiger partial charge in [0.2, 0.25) is 5.91 Å². The van der Waals surface area contributed by atoms with E-state index in [1.54, 1.807) is 21.1 Å². The molecule has 0 unspecified atom stereocenters. The smallest absolute Gasteiger partial charge is 0.407 e. The molecule has 0 saturated heterocycles. The fourth-order valence-corrected chi connectivity index (χ4v) is 3.57. The molecule has 0 heterocycles. The Morgan fingerprint density at radius 1 is 0.871 bits per heavy atom. The Bertz CT molecular complexity index is 1040. The van der Waals surface area contributed by atoms with Gasteiger partial charge in [-0.25, -0.2) is 4.79 Å². The maximum absolute atomic E-state index is 12.2. The number of fused-ring (bicyclic) bond motifs is 1. The van der Waals surface area contributed by atoms with Crippen LogP contribution >= 0.6 is 0 Å². The lowest BCUT2D eigenvalue weighted by Gasteiger charge is -2.31. The molecule has 0 radical (unpaired) electrons. The summed E-state index contributed by atoms with van der Waals surface area (Å²) in [6.07, 6.45) is -1.50. The van der Waals surface area contributed by atoms with Crippen molar-refractivity contribution in [1.82, 2.24) is 9.80 Å². The van der Waals surface area contributed by atoms with Crippen LogP contribution in [0.3, 0.4) is 0 Å². The molecule has 31 heavy (non-hydrogen) atoms. The van der Waals surface area contributed by atoms with Crippen LogP contribution in [0.5, 0.6) is 0 Å². The molecule has 2 atom stereocenters. The molecule has 2 amide bonds. The molecule has 0 spiro atoms. The van der Waals surface area contributed by atoms with Gasteiger partial charge in [-0.15, -0.1) is 0 Å². The Morgan fingerprint density at radius 2 is 1.52 bits per heavy atom. The van der Waals surface area contributed by atoms with Crippen molar-refractivity contribution in [2.24, 2.45) is 0 Å². The lowest BCUT2D eigenvalue weighted by Crippen LogP contribution is -2.34. The van der Waals surface area contributed by atoms with Gasteiger partial charge < -0.3 is 19.6 Å². The predicted molar refractivity (Wildman–Crippen MR) is 121 cm³/mol. The van der Waals surface area contributed by atoms with Gasteiger partial charge in [-0.05, 0) is 21.9 Å². The van der Waals surface area contributed by atoms with Crippen molar-refractivity contribution in [1.29, 1.82) is 0 Å². The van der Waals surface area contributed by atoms with Gasteiger partial charge in [0.05, 0.1) is 6.10 Å². The van der Waals surface area contributed by atoms with Crippen LogP contribution in [0.2, 0.25) is 0 Å². The number of amides is 2. The molecule has 3 aromatic carbocycles. The first-order valence-corrected chi connectivity index (χ1v) is 10.2. The SMILES string of the molecule is CN(C)C(=O)CO[C@H](c1ccccc1)[C@@H](CN(C)C(=O)O)c1ccc2ccccc2c1. The first kappa shape index (κ1) is 22.3. The fraction of sp³-hybridized carbons (Fsp3) is 0.280. The van der Waals surface area contributed by atoms with E-state index in [0.717, 1.165) is 21.9 Å². The van der Waals surface area contributed by atoms with Crippen molar-refractivity contribution in [3.05, 3.63) is 83.9 Å². The Morgan fingerprint density at radius 3 is 2.16 bits per heavy atom. The van der Waals surface area contributed by atoms with E-state index in [-0.39, 0.29) is 25.0 Å². The van der Waals surface area contributed by atoms with Crippen LogP contribution in [0.4, 0.5) is 4.79 Å². The molecule has 0 bridgehead atoms. The lowest BCUT2D eigenvalue weighted by atomic mass is 9.87. The van der Waals surface area contributed by atoms with Gasteiger partial charge in [-0.3, -0.25) is 4.79 Å². The number of ether oxygens (including phenoxy) is 1. The van der Waals surface area contributed by atoms with E-state index < -0.39 is 12.2 Å². The third-order valence-corrected chi connectivity index (χ3v) is 5.38. The van der Waals surface area contributed by atoms with Crippen LogP contribution in [-0.4, -0.2) is 61.2 Å². The number of hydrogen-bond acceptors (Lipinski definition) is 3. The second-order valence-corrected chi connectivity index (χ2v) is 7.81. The number of carbonyl (C=O) groups excluding carboxylic acids is 1. The normalized spacial score (nSPS) is 12.9. The van der Waals surface area contributed by atoms with E-state index in [2.05, 4.69) is 6.07 Å². The van der Waals surface area contributed by atoms with Gasteiger partial charge in [0.1, 0.15) is 6.61 Å². The summed E-state index contributed by atoms with van der Waals surface area (Å²) in [5.74, 6) is -0.451. The van der Waals surface area contributed by atoms with Crippen LogP contribution < -0.4 is 0 Å². The average molecular weight is 421 g/mol. The number of likely N-dealkylation sites (N-methyl/N-ethyl adjacent to an activating group) is 2. The second kappa shape index (κ2) is 10.1. The summed E-state index contributed by atoms with van der Waals surface area (Å²) in [6, 6.07) is 23.8. The monoisotopic (exact) mass is 420 g/mol. The zero-order valence-electron chi connectivity index (χ0n) is 18.1. The fourth-order valence-electron chi connectivity index (χ4n) is 3.57. The number of rotatable bonds is 8. The van der Waals surface area contributed by atoms with E-state index in [0.29, 0.717) is 0 Å².